The van der Waals surface area contributed by atoms with E-state index in [1.54, 1.807) is 11.3 Å². The van der Waals surface area contributed by atoms with Gasteiger partial charge in [0.05, 0.1) is 18.3 Å². The van der Waals surface area contributed by atoms with E-state index in [1.165, 1.54) is 4.88 Å². The van der Waals surface area contributed by atoms with Gasteiger partial charge in [0.15, 0.2) is 5.82 Å². The predicted octanol–water partition coefficient (Wildman–Crippen LogP) is 2.74. The van der Waals surface area contributed by atoms with E-state index in [0.29, 0.717) is 6.04 Å². The van der Waals surface area contributed by atoms with Crippen LogP contribution in [0.15, 0.2) is 36.1 Å². The summed E-state index contributed by atoms with van der Waals surface area (Å²) >= 11 is 1.76. The molecular formula is C16H20N6S. The number of imidazole rings is 1. The second kappa shape index (κ2) is 6.25. The van der Waals surface area contributed by atoms with Crippen molar-refractivity contribution in [3.63, 3.8) is 0 Å². The molecule has 0 spiro atoms. The first-order chi connectivity index (χ1) is 11.3. The second-order valence-corrected chi connectivity index (χ2v) is 6.89. The highest BCUT2D eigenvalue weighted by Crippen LogP contribution is 2.27. The van der Waals surface area contributed by atoms with E-state index in [9.17, 15) is 0 Å². The third kappa shape index (κ3) is 2.82. The summed E-state index contributed by atoms with van der Waals surface area (Å²) in [6.45, 7) is 4.28. The number of nitrogens with one attached hydrogen (secondary N) is 1. The smallest absolute Gasteiger partial charge is 0.162 e. The van der Waals surface area contributed by atoms with Crippen LogP contribution in [0.3, 0.4) is 0 Å². The van der Waals surface area contributed by atoms with E-state index >= 15 is 0 Å². The third-order valence-electron chi connectivity index (χ3n) is 4.46. The molecule has 0 bridgehead atoms. The Morgan fingerprint density at radius 3 is 3.00 bits per heavy atom. The highest BCUT2D eigenvalue weighted by molar-refractivity contribution is 7.10. The molecule has 0 aliphatic carbocycles. The van der Waals surface area contributed by atoms with Gasteiger partial charge in [-0.05, 0) is 44.3 Å². The number of piperidine rings is 1. The monoisotopic (exact) mass is 328 g/mol. The van der Waals surface area contributed by atoms with Gasteiger partial charge in [-0.1, -0.05) is 11.3 Å². The minimum Gasteiger partial charge on any atom is -0.322 e. The van der Waals surface area contributed by atoms with Crippen molar-refractivity contribution in [3.8, 4) is 11.5 Å². The summed E-state index contributed by atoms with van der Waals surface area (Å²) in [7, 11) is 0. The average Bonchev–Trinajstić information content (AvgIpc) is 3.35. The Bertz CT molecular complexity index is 753. The van der Waals surface area contributed by atoms with Gasteiger partial charge >= 0.3 is 0 Å². The SMILES string of the molecule is C[C@@H](c1cccs1)n1ccnc1-c1cn(C2CCNCC2)nn1. The fourth-order valence-corrected chi connectivity index (χ4v) is 3.90. The molecule has 0 radical (unpaired) electrons. The Labute approximate surface area is 139 Å². The van der Waals surface area contributed by atoms with Crippen LogP contribution in [0.2, 0.25) is 0 Å². The Balaban J connectivity index is 1.62. The number of hydrogen-bond donors (Lipinski definition) is 1. The number of thiophene rings is 1. The van der Waals surface area contributed by atoms with Crippen LogP contribution in [-0.4, -0.2) is 37.6 Å². The Hall–Kier alpha value is -1.99. The first-order valence-corrected chi connectivity index (χ1v) is 8.90. The Kier molecular flexibility index (Phi) is 3.97. The summed E-state index contributed by atoms with van der Waals surface area (Å²) in [6.07, 6.45) is 8.09. The number of nitrogens with zero attached hydrogens (tertiary/aromatic N) is 5. The maximum atomic E-state index is 4.52. The van der Waals surface area contributed by atoms with Crippen LogP contribution >= 0.6 is 11.3 Å². The highest BCUT2D eigenvalue weighted by Gasteiger charge is 2.20. The highest BCUT2D eigenvalue weighted by atomic mass is 32.1. The van der Waals surface area contributed by atoms with Gasteiger partial charge in [0.25, 0.3) is 0 Å². The minimum atomic E-state index is 0.247. The van der Waals surface area contributed by atoms with Crippen LogP contribution in [0.5, 0.6) is 0 Å². The van der Waals surface area contributed by atoms with Crippen molar-refractivity contribution < 1.29 is 0 Å². The van der Waals surface area contributed by atoms with Crippen LogP contribution in [-0.2, 0) is 0 Å². The van der Waals surface area contributed by atoms with Crippen molar-refractivity contribution in [1.29, 1.82) is 0 Å². The molecule has 3 aromatic heterocycles. The predicted molar refractivity (Wildman–Crippen MR) is 90.5 cm³/mol. The molecule has 7 heteroatoms. The van der Waals surface area contributed by atoms with Gasteiger partial charge in [-0.15, -0.1) is 16.4 Å². The number of hydrogen-bond acceptors (Lipinski definition) is 5. The summed E-state index contributed by atoms with van der Waals surface area (Å²) < 4.78 is 4.17. The Morgan fingerprint density at radius 1 is 1.35 bits per heavy atom. The number of rotatable bonds is 4. The maximum Gasteiger partial charge on any atom is 0.162 e. The molecule has 120 valence electrons. The molecular weight excluding hydrogens is 308 g/mol. The lowest BCUT2D eigenvalue weighted by atomic mass is 10.1. The van der Waals surface area contributed by atoms with Crippen LogP contribution in [0, 0.1) is 0 Å². The largest absolute Gasteiger partial charge is 0.322 e. The normalized spacial score (nSPS) is 17.4. The number of aromatic nitrogens is 5. The van der Waals surface area contributed by atoms with E-state index in [4.69, 9.17) is 0 Å². The van der Waals surface area contributed by atoms with E-state index in [1.807, 2.05) is 23.3 Å². The van der Waals surface area contributed by atoms with E-state index < -0.39 is 0 Å². The van der Waals surface area contributed by atoms with Crippen molar-refractivity contribution in [3.05, 3.63) is 41.0 Å². The zero-order valence-electron chi connectivity index (χ0n) is 13.1. The van der Waals surface area contributed by atoms with Gasteiger partial charge in [-0.3, -0.25) is 0 Å². The molecule has 1 aliphatic rings. The average molecular weight is 328 g/mol. The molecule has 1 fully saturated rings. The van der Waals surface area contributed by atoms with Crippen LogP contribution in [0.25, 0.3) is 11.5 Å². The molecule has 1 N–H and O–H groups in total. The molecule has 0 unspecified atom stereocenters. The standard InChI is InChI=1S/C16H20N6S/c1-12(15-3-2-10-23-15)21-9-8-18-16(21)14-11-22(20-19-14)13-4-6-17-7-5-13/h2-3,8-13,17H,4-7H2,1H3/t12-/m0/s1. The molecule has 3 aromatic rings. The quantitative estimate of drug-likeness (QED) is 0.800. The molecule has 4 rings (SSSR count). The van der Waals surface area contributed by atoms with Gasteiger partial charge < -0.3 is 9.88 Å². The van der Waals surface area contributed by atoms with E-state index in [2.05, 4.69) is 49.6 Å². The lowest BCUT2D eigenvalue weighted by Gasteiger charge is -2.22. The molecule has 0 amide bonds. The minimum absolute atomic E-state index is 0.247. The van der Waals surface area contributed by atoms with E-state index in [0.717, 1.165) is 37.4 Å². The summed E-state index contributed by atoms with van der Waals surface area (Å²) in [5, 5.41) is 14.2. The van der Waals surface area contributed by atoms with Gasteiger partial charge in [0.1, 0.15) is 5.69 Å². The maximum absolute atomic E-state index is 4.52. The van der Waals surface area contributed by atoms with Crippen LogP contribution < -0.4 is 5.32 Å². The zero-order valence-corrected chi connectivity index (χ0v) is 13.9. The van der Waals surface area contributed by atoms with Gasteiger partial charge in [-0.25, -0.2) is 9.67 Å². The molecule has 4 heterocycles. The third-order valence-corrected chi connectivity index (χ3v) is 5.51. The summed E-state index contributed by atoms with van der Waals surface area (Å²) in [5.41, 5.74) is 0.844. The van der Waals surface area contributed by atoms with Crippen molar-refractivity contribution in [1.82, 2.24) is 29.9 Å². The van der Waals surface area contributed by atoms with Crippen molar-refractivity contribution >= 4 is 11.3 Å². The molecule has 23 heavy (non-hydrogen) atoms. The van der Waals surface area contributed by atoms with Gasteiger partial charge in [0.2, 0.25) is 0 Å². The molecule has 1 aliphatic heterocycles. The van der Waals surface area contributed by atoms with Gasteiger partial charge in [0, 0.05) is 17.3 Å². The zero-order chi connectivity index (χ0) is 15.6. The van der Waals surface area contributed by atoms with Crippen molar-refractivity contribution in [2.24, 2.45) is 0 Å². The first-order valence-electron chi connectivity index (χ1n) is 8.02. The first kappa shape index (κ1) is 14.6. The van der Waals surface area contributed by atoms with Crippen LogP contribution in [0.1, 0.15) is 36.7 Å². The lowest BCUT2D eigenvalue weighted by molar-refractivity contribution is 0.337. The fraction of sp³-hybridized carbons (Fsp3) is 0.438. The van der Waals surface area contributed by atoms with E-state index in [-0.39, 0.29) is 6.04 Å². The topological polar surface area (TPSA) is 60.6 Å². The molecule has 0 saturated carbocycles. The summed E-state index contributed by atoms with van der Waals surface area (Å²) in [6, 6.07) is 4.93. The summed E-state index contributed by atoms with van der Waals surface area (Å²) in [5.74, 6) is 0.881. The molecule has 1 atom stereocenters. The van der Waals surface area contributed by atoms with Crippen molar-refractivity contribution in [2.45, 2.75) is 31.8 Å². The van der Waals surface area contributed by atoms with Crippen LogP contribution in [0.4, 0.5) is 0 Å². The molecule has 0 aromatic carbocycles. The Morgan fingerprint density at radius 2 is 2.22 bits per heavy atom. The lowest BCUT2D eigenvalue weighted by Crippen LogP contribution is -2.29. The second-order valence-electron chi connectivity index (χ2n) is 5.91. The molecule has 1 saturated heterocycles. The molecule has 6 nitrogen and oxygen atoms in total. The fourth-order valence-electron chi connectivity index (χ4n) is 3.12. The van der Waals surface area contributed by atoms with Gasteiger partial charge in [-0.2, -0.15) is 0 Å². The summed E-state index contributed by atoms with van der Waals surface area (Å²) in [4.78, 5) is 5.83. The van der Waals surface area contributed by atoms with Crippen molar-refractivity contribution in [2.75, 3.05) is 13.1 Å².